The van der Waals surface area contributed by atoms with Crippen LogP contribution in [0.25, 0.3) is 0 Å². The highest BCUT2D eigenvalue weighted by Gasteiger charge is 2.34. The van der Waals surface area contributed by atoms with Gasteiger partial charge in [-0.3, -0.25) is 9.48 Å². The van der Waals surface area contributed by atoms with Crippen molar-refractivity contribution in [2.45, 2.75) is 31.7 Å². The Balaban J connectivity index is 1.76. The Morgan fingerprint density at radius 3 is 2.60 bits per heavy atom. The first-order valence-electron chi connectivity index (χ1n) is 10.1. The SMILES string of the molecule is CCCCNC(=O)c1cn(C)nc1S(=O)(=O)N1CCN(c2cc(Cl)ccc2C)CC1. The van der Waals surface area contributed by atoms with Gasteiger partial charge in [-0.15, -0.1) is 0 Å². The Kier molecular flexibility index (Phi) is 7.05. The maximum atomic E-state index is 13.3. The molecule has 2 aromatic rings. The number of nitrogens with zero attached hydrogens (tertiary/aromatic N) is 4. The minimum absolute atomic E-state index is 0.0849. The summed E-state index contributed by atoms with van der Waals surface area (Å²) >= 11 is 6.13. The van der Waals surface area contributed by atoms with Gasteiger partial charge < -0.3 is 10.2 Å². The standard InChI is InChI=1S/C20H28ClN5O3S/c1-4-5-8-22-19(27)17-14-24(3)23-20(17)30(28,29)26-11-9-25(10-12-26)18-13-16(21)7-6-15(18)2/h6-7,13-14H,4-5,8-12H2,1-3H3,(H,22,27). The molecule has 0 radical (unpaired) electrons. The van der Waals surface area contributed by atoms with E-state index < -0.39 is 15.9 Å². The predicted octanol–water partition coefficient (Wildman–Crippen LogP) is 2.42. The zero-order chi connectivity index (χ0) is 21.9. The molecule has 1 aromatic heterocycles. The van der Waals surface area contributed by atoms with Gasteiger partial charge in [0.05, 0.1) is 5.56 Å². The Hall–Kier alpha value is -2.10. The fourth-order valence-corrected chi connectivity index (χ4v) is 5.21. The zero-order valence-corrected chi connectivity index (χ0v) is 19.1. The third kappa shape index (κ3) is 4.79. The van der Waals surface area contributed by atoms with Crippen molar-refractivity contribution < 1.29 is 13.2 Å². The van der Waals surface area contributed by atoms with E-state index in [2.05, 4.69) is 15.3 Å². The van der Waals surface area contributed by atoms with Crippen molar-refractivity contribution in [3.8, 4) is 0 Å². The summed E-state index contributed by atoms with van der Waals surface area (Å²) in [6.07, 6.45) is 3.23. The molecule has 0 atom stereocenters. The van der Waals surface area contributed by atoms with Gasteiger partial charge in [0.15, 0.2) is 0 Å². The molecule has 2 heterocycles. The summed E-state index contributed by atoms with van der Waals surface area (Å²) in [4.78, 5) is 14.7. The number of amides is 1. The second-order valence-electron chi connectivity index (χ2n) is 7.45. The largest absolute Gasteiger partial charge is 0.369 e. The maximum absolute atomic E-state index is 13.3. The van der Waals surface area contributed by atoms with Gasteiger partial charge in [-0.2, -0.15) is 9.40 Å². The van der Waals surface area contributed by atoms with Crippen LogP contribution in [0.1, 0.15) is 35.7 Å². The topological polar surface area (TPSA) is 87.5 Å². The van der Waals surface area contributed by atoms with E-state index in [-0.39, 0.29) is 10.6 Å². The average Bonchev–Trinajstić information content (AvgIpc) is 3.13. The van der Waals surface area contributed by atoms with Gasteiger partial charge in [0.25, 0.3) is 15.9 Å². The Bertz CT molecular complexity index is 1010. The van der Waals surface area contributed by atoms with E-state index in [9.17, 15) is 13.2 Å². The first-order chi connectivity index (χ1) is 14.2. The first kappa shape index (κ1) is 22.6. The number of piperazine rings is 1. The summed E-state index contributed by atoms with van der Waals surface area (Å²) in [5, 5.41) is 7.34. The summed E-state index contributed by atoms with van der Waals surface area (Å²) in [7, 11) is -2.27. The fourth-order valence-electron chi connectivity index (χ4n) is 3.50. The smallest absolute Gasteiger partial charge is 0.263 e. The monoisotopic (exact) mass is 453 g/mol. The fraction of sp³-hybridized carbons (Fsp3) is 0.500. The molecule has 0 unspecified atom stereocenters. The number of carbonyl (C=O) groups excluding carboxylic acids is 1. The molecule has 1 N–H and O–H groups in total. The molecular weight excluding hydrogens is 426 g/mol. The molecule has 30 heavy (non-hydrogen) atoms. The number of unbranched alkanes of at least 4 members (excludes halogenated alkanes) is 1. The van der Waals surface area contributed by atoms with Crippen molar-refractivity contribution in [2.75, 3.05) is 37.6 Å². The summed E-state index contributed by atoms with van der Waals surface area (Å²) in [5.74, 6) is -0.414. The number of rotatable bonds is 7. The van der Waals surface area contributed by atoms with Crippen LogP contribution in [0.15, 0.2) is 29.4 Å². The summed E-state index contributed by atoms with van der Waals surface area (Å²) in [6, 6.07) is 5.70. The minimum Gasteiger partial charge on any atom is -0.369 e. The van der Waals surface area contributed by atoms with E-state index in [0.717, 1.165) is 24.1 Å². The van der Waals surface area contributed by atoms with Crippen molar-refractivity contribution in [1.82, 2.24) is 19.4 Å². The molecule has 8 nitrogen and oxygen atoms in total. The van der Waals surface area contributed by atoms with Crippen LogP contribution in [0.2, 0.25) is 5.02 Å². The molecule has 3 rings (SSSR count). The lowest BCUT2D eigenvalue weighted by Crippen LogP contribution is -2.49. The molecule has 1 amide bonds. The van der Waals surface area contributed by atoms with Crippen LogP contribution < -0.4 is 10.2 Å². The van der Waals surface area contributed by atoms with Gasteiger partial charge in [-0.25, -0.2) is 8.42 Å². The van der Waals surface area contributed by atoms with E-state index in [4.69, 9.17) is 11.6 Å². The van der Waals surface area contributed by atoms with E-state index in [1.54, 1.807) is 7.05 Å². The molecule has 0 aliphatic carbocycles. The Morgan fingerprint density at radius 1 is 1.23 bits per heavy atom. The molecule has 10 heteroatoms. The number of carbonyl (C=O) groups is 1. The molecule has 0 spiro atoms. The second kappa shape index (κ2) is 9.36. The molecule has 1 aromatic carbocycles. The lowest BCUT2D eigenvalue weighted by molar-refractivity contribution is 0.0949. The number of hydrogen-bond donors (Lipinski definition) is 1. The van der Waals surface area contributed by atoms with Crippen LogP contribution in [0, 0.1) is 6.92 Å². The number of aromatic nitrogens is 2. The molecular formula is C20H28ClN5O3S. The normalized spacial score (nSPS) is 15.4. The van der Waals surface area contributed by atoms with Crippen molar-refractivity contribution in [3.05, 3.63) is 40.5 Å². The summed E-state index contributed by atoms with van der Waals surface area (Å²) < 4.78 is 29.3. The van der Waals surface area contributed by atoms with E-state index in [0.29, 0.717) is 37.7 Å². The van der Waals surface area contributed by atoms with E-state index in [1.807, 2.05) is 32.0 Å². The lowest BCUT2D eigenvalue weighted by Gasteiger charge is -2.35. The first-order valence-corrected chi connectivity index (χ1v) is 11.9. The van der Waals surface area contributed by atoms with Crippen molar-refractivity contribution in [3.63, 3.8) is 0 Å². The molecule has 1 aliphatic heterocycles. The maximum Gasteiger partial charge on any atom is 0.263 e. The average molecular weight is 454 g/mol. The molecule has 164 valence electrons. The van der Waals surface area contributed by atoms with Crippen LogP contribution >= 0.6 is 11.6 Å². The molecule has 1 fully saturated rings. The highest BCUT2D eigenvalue weighted by Crippen LogP contribution is 2.27. The third-order valence-electron chi connectivity index (χ3n) is 5.19. The van der Waals surface area contributed by atoms with Crippen molar-refractivity contribution in [2.24, 2.45) is 7.05 Å². The number of anilines is 1. The molecule has 0 bridgehead atoms. The van der Waals surface area contributed by atoms with Gasteiger partial charge >= 0.3 is 0 Å². The Morgan fingerprint density at radius 2 is 1.93 bits per heavy atom. The van der Waals surface area contributed by atoms with Crippen LogP contribution in [0.3, 0.4) is 0 Å². The van der Waals surface area contributed by atoms with Gasteiger partial charge in [0.2, 0.25) is 5.03 Å². The minimum atomic E-state index is -3.88. The summed E-state index contributed by atoms with van der Waals surface area (Å²) in [5.41, 5.74) is 2.18. The Labute approximate surface area is 182 Å². The van der Waals surface area contributed by atoms with E-state index in [1.165, 1.54) is 15.2 Å². The lowest BCUT2D eigenvalue weighted by atomic mass is 10.1. The number of sulfonamides is 1. The highest BCUT2D eigenvalue weighted by atomic mass is 35.5. The van der Waals surface area contributed by atoms with Crippen molar-refractivity contribution >= 4 is 33.2 Å². The number of benzene rings is 1. The highest BCUT2D eigenvalue weighted by molar-refractivity contribution is 7.89. The van der Waals surface area contributed by atoms with Crippen LogP contribution in [0.4, 0.5) is 5.69 Å². The zero-order valence-electron chi connectivity index (χ0n) is 17.6. The van der Waals surface area contributed by atoms with Crippen LogP contribution in [0.5, 0.6) is 0 Å². The summed E-state index contributed by atoms with van der Waals surface area (Å²) in [6.45, 7) is 6.21. The van der Waals surface area contributed by atoms with Gasteiger partial charge in [-0.1, -0.05) is 31.0 Å². The van der Waals surface area contributed by atoms with Crippen LogP contribution in [-0.2, 0) is 17.1 Å². The number of hydrogen-bond acceptors (Lipinski definition) is 5. The van der Waals surface area contributed by atoms with Crippen LogP contribution in [-0.4, -0.2) is 61.1 Å². The predicted molar refractivity (Wildman–Crippen MR) is 118 cm³/mol. The molecule has 1 aliphatic rings. The van der Waals surface area contributed by atoms with Gasteiger partial charge in [-0.05, 0) is 31.0 Å². The second-order valence-corrected chi connectivity index (χ2v) is 9.74. The quantitative estimate of drug-likeness (QED) is 0.650. The third-order valence-corrected chi connectivity index (χ3v) is 7.26. The molecule has 0 saturated carbocycles. The van der Waals surface area contributed by atoms with Gasteiger partial charge in [0.1, 0.15) is 0 Å². The van der Waals surface area contributed by atoms with Crippen molar-refractivity contribution in [1.29, 1.82) is 0 Å². The number of nitrogens with one attached hydrogen (secondary N) is 1. The molecule has 1 saturated heterocycles. The van der Waals surface area contributed by atoms with Gasteiger partial charge in [0, 0.05) is 56.7 Å². The number of halogens is 1. The number of aryl methyl sites for hydroxylation is 2. The van der Waals surface area contributed by atoms with E-state index >= 15 is 0 Å².